The third-order valence-electron chi connectivity index (χ3n) is 0. The third-order valence-corrected chi connectivity index (χ3v) is 0. The van der Waals surface area contributed by atoms with Crippen LogP contribution in [0, 0.1) is 0 Å². The van der Waals surface area contributed by atoms with Gasteiger partial charge in [-0.1, -0.05) is 0 Å². The van der Waals surface area contributed by atoms with E-state index in [4.69, 9.17) is 7.61 Å². The van der Waals surface area contributed by atoms with Crippen molar-refractivity contribution in [2.24, 2.45) is 0 Å². The zero-order valence-electron chi connectivity index (χ0n) is 1.93. The van der Waals surface area contributed by atoms with Gasteiger partial charge in [0.05, 0.1) is 0 Å². The van der Waals surface area contributed by atoms with Gasteiger partial charge in [0.1, 0.15) is 0 Å². The Morgan fingerprint density at radius 2 is 1.25 bits per heavy atom. The second-order valence-corrected chi connectivity index (χ2v) is 0. The van der Waals surface area contributed by atoms with Crippen molar-refractivity contribution in [1.82, 2.24) is 0 Å². The van der Waals surface area contributed by atoms with Crippen LogP contribution >= 0.6 is 0 Å². The standard InChI is InChI=1S/GeH2O.OSe/c2*1-2/h1H2;. The van der Waals surface area contributed by atoms with E-state index in [1.165, 1.54) is 15.9 Å². The average Bonchev–Trinajstić information content (AvgIpc) is 1.50. The van der Waals surface area contributed by atoms with Gasteiger partial charge in [0.2, 0.25) is 0 Å². The summed E-state index contributed by atoms with van der Waals surface area (Å²) in [6, 6.07) is 0. The fourth-order valence-electron chi connectivity index (χ4n) is 0. The SMILES string of the molecule is O=[Se].[O]=[GeH2]. The molecule has 2 nitrogen and oxygen atoms in total. The molecule has 4 heavy (non-hydrogen) atoms. The van der Waals surface area contributed by atoms with Crippen molar-refractivity contribution in [3.63, 3.8) is 0 Å². The predicted octanol–water partition coefficient (Wildman–Crippen LogP) is -1.53. The van der Waals surface area contributed by atoms with Gasteiger partial charge in [-0.3, -0.25) is 0 Å². The van der Waals surface area contributed by atoms with Crippen molar-refractivity contribution in [2.45, 2.75) is 0 Å². The van der Waals surface area contributed by atoms with Crippen LogP contribution in [0.5, 0.6) is 0 Å². The molecule has 0 atom stereocenters. The molecule has 0 bridgehead atoms. The number of hydrogen-bond donors (Lipinski definition) is 0. The summed E-state index contributed by atoms with van der Waals surface area (Å²) >= 11 is 1.50. The van der Waals surface area contributed by atoms with Crippen LogP contribution in [0.3, 0.4) is 0 Å². The van der Waals surface area contributed by atoms with Crippen LogP contribution in [0.25, 0.3) is 0 Å². The Kier molecular flexibility index (Phi) is 131. The van der Waals surface area contributed by atoms with Crippen molar-refractivity contribution in [3.8, 4) is 0 Å². The number of hydrogen-bond acceptors (Lipinski definition) is 2. The van der Waals surface area contributed by atoms with Crippen LogP contribution in [-0.2, 0) is 7.61 Å². The van der Waals surface area contributed by atoms with E-state index in [-0.39, 0.29) is 16.5 Å². The summed E-state index contributed by atoms with van der Waals surface area (Å²) in [6.07, 6.45) is 0. The molecule has 0 saturated carbocycles. The van der Waals surface area contributed by atoms with Crippen LogP contribution in [0.4, 0.5) is 0 Å². The van der Waals surface area contributed by atoms with E-state index >= 15 is 0 Å². The average molecular weight is 186 g/mol. The molecule has 0 saturated heterocycles. The molecule has 0 N–H and O–H groups in total. The summed E-state index contributed by atoms with van der Waals surface area (Å²) in [4.78, 5) is 0. The zero-order chi connectivity index (χ0) is 4.00. The first-order valence-electron chi connectivity index (χ1n) is 0.455. The summed E-state index contributed by atoms with van der Waals surface area (Å²) in [6.45, 7) is 0. The molecule has 0 fully saturated rings. The van der Waals surface area contributed by atoms with Crippen molar-refractivity contribution >= 4 is 32.4 Å². The predicted molar refractivity (Wildman–Crippen MR) is 15.7 cm³/mol. The Hall–Kier alpha value is 0.662. The third kappa shape index (κ3) is 16.8. The molecular weight excluding hydrogens is 184 g/mol. The van der Waals surface area contributed by atoms with Crippen molar-refractivity contribution in [2.75, 3.05) is 0 Å². The minimum absolute atomic E-state index is 0.125. The minimum atomic E-state index is 0.125. The Morgan fingerprint density at radius 1 is 1.25 bits per heavy atom. The van der Waals surface area contributed by atoms with E-state index in [1.54, 1.807) is 0 Å². The summed E-state index contributed by atoms with van der Waals surface area (Å²) in [7, 11) is 0. The normalized spacial score (nSPS) is 2.00. The fourth-order valence-corrected chi connectivity index (χ4v) is 0. The van der Waals surface area contributed by atoms with E-state index in [0.29, 0.717) is 0 Å². The molecule has 0 radical (unpaired) electrons. The fraction of sp³-hybridized carbons (Fsp3) is 0. The van der Waals surface area contributed by atoms with E-state index in [1.807, 2.05) is 0 Å². The summed E-state index contributed by atoms with van der Waals surface area (Å²) in [5, 5.41) is 0. The summed E-state index contributed by atoms with van der Waals surface area (Å²) < 4.78 is 16.5. The first-order chi connectivity index (χ1) is 2.00. The quantitative estimate of drug-likeness (QED) is 0.429. The molecule has 0 amide bonds. The zero-order valence-corrected chi connectivity index (χ0v) is 6.61. The summed E-state index contributed by atoms with van der Waals surface area (Å²) in [5.41, 5.74) is 0. The Balaban J connectivity index is 0. The van der Waals surface area contributed by atoms with E-state index in [2.05, 4.69) is 0 Å². The summed E-state index contributed by atoms with van der Waals surface area (Å²) in [5.74, 6) is 0. The van der Waals surface area contributed by atoms with Gasteiger partial charge in [0, 0.05) is 0 Å². The topological polar surface area (TPSA) is 34.1 Å². The molecule has 0 aliphatic carbocycles. The maximum atomic E-state index is 8.38. The molecule has 4 heteroatoms. The Bertz CT molecular complexity index is 8.00. The van der Waals surface area contributed by atoms with Gasteiger partial charge in [0.15, 0.2) is 0 Å². The van der Waals surface area contributed by atoms with E-state index in [9.17, 15) is 0 Å². The molecule has 0 spiro atoms. The monoisotopic (exact) mass is 188 g/mol. The van der Waals surface area contributed by atoms with Gasteiger partial charge in [-0.2, -0.15) is 0 Å². The first kappa shape index (κ1) is 8.82. The Morgan fingerprint density at radius 3 is 1.25 bits per heavy atom. The molecule has 0 rings (SSSR count). The van der Waals surface area contributed by atoms with Crippen LogP contribution in [0.2, 0.25) is 0 Å². The molecule has 0 unspecified atom stereocenters. The molecule has 0 aromatic carbocycles. The van der Waals surface area contributed by atoms with Crippen LogP contribution < -0.4 is 0 Å². The van der Waals surface area contributed by atoms with Gasteiger partial charge in [-0.25, -0.2) is 0 Å². The number of rotatable bonds is 0. The molecule has 0 heterocycles. The van der Waals surface area contributed by atoms with Crippen molar-refractivity contribution < 1.29 is 7.61 Å². The van der Waals surface area contributed by atoms with Crippen molar-refractivity contribution in [3.05, 3.63) is 0 Å². The van der Waals surface area contributed by atoms with Gasteiger partial charge in [-0.05, 0) is 0 Å². The molecule has 0 aromatic rings. The van der Waals surface area contributed by atoms with Gasteiger partial charge in [-0.15, -0.1) is 0 Å². The van der Waals surface area contributed by atoms with Gasteiger partial charge >= 0.3 is 40.0 Å². The van der Waals surface area contributed by atoms with Gasteiger partial charge in [0.25, 0.3) is 0 Å². The van der Waals surface area contributed by atoms with Crippen LogP contribution in [0.15, 0.2) is 0 Å². The molecular formula is H2GeO2Se. The van der Waals surface area contributed by atoms with E-state index < -0.39 is 0 Å². The maximum absolute atomic E-state index is 8.38. The van der Waals surface area contributed by atoms with Crippen molar-refractivity contribution in [1.29, 1.82) is 0 Å². The van der Waals surface area contributed by atoms with Crippen LogP contribution in [-0.4, -0.2) is 32.4 Å². The molecule has 24 valence electrons. The van der Waals surface area contributed by atoms with E-state index in [0.717, 1.165) is 0 Å². The first-order valence-corrected chi connectivity index (χ1v) is 2.37. The molecule has 0 aromatic heterocycles. The molecule has 0 aliphatic rings. The van der Waals surface area contributed by atoms with Gasteiger partial charge < -0.3 is 0 Å². The molecule has 0 aliphatic heterocycles. The second kappa shape index (κ2) is 59.2. The van der Waals surface area contributed by atoms with Crippen LogP contribution in [0.1, 0.15) is 0 Å². The Labute approximate surface area is 40.4 Å². The second-order valence-electron chi connectivity index (χ2n) is 0.